The molecule has 0 aliphatic rings. The average Bonchev–Trinajstić information content (AvgIpc) is 3.48. The molecule has 0 saturated heterocycles. The Balaban J connectivity index is 1.63. The molecule has 0 amide bonds. The van der Waals surface area contributed by atoms with Gasteiger partial charge in [0.15, 0.2) is 27.3 Å². The van der Waals surface area contributed by atoms with E-state index in [1.54, 1.807) is 36.7 Å². The van der Waals surface area contributed by atoms with Gasteiger partial charge in [0.05, 0.1) is 36.0 Å². The molecule has 0 aliphatic heterocycles. The van der Waals surface area contributed by atoms with Gasteiger partial charge in [-0.3, -0.25) is 4.57 Å². The number of halogens is 1. The fraction of sp³-hybridized carbons (Fsp3) is 0.269. The first-order chi connectivity index (χ1) is 18.2. The normalized spacial score (nSPS) is 13.5. The number of pyridine rings is 1. The largest absolute Gasteiger partial charge is 0.480 e. The Morgan fingerprint density at radius 1 is 1.03 bits per heavy atom. The molecular formula is C26H26FN7O3S. The van der Waals surface area contributed by atoms with Crippen LogP contribution in [0.3, 0.4) is 0 Å². The van der Waals surface area contributed by atoms with Crippen molar-refractivity contribution in [2.45, 2.75) is 30.8 Å². The highest BCUT2D eigenvalue weighted by Gasteiger charge is 2.32. The van der Waals surface area contributed by atoms with E-state index in [-0.39, 0.29) is 11.6 Å². The third-order valence-electron chi connectivity index (χ3n) is 6.70. The average molecular weight is 536 g/mol. The van der Waals surface area contributed by atoms with Crippen LogP contribution < -0.4 is 4.74 Å². The highest BCUT2D eigenvalue weighted by molar-refractivity contribution is 7.91. The van der Waals surface area contributed by atoms with Crippen molar-refractivity contribution in [2.24, 2.45) is 7.05 Å². The maximum Gasteiger partial charge on any atom is 0.224 e. The second-order valence-corrected chi connectivity index (χ2v) is 11.4. The van der Waals surface area contributed by atoms with Crippen molar-refractivity contribution >= 4 is 20.7 Å². The lowest BCUT2D eigenvalue weighted by molar-refractivity contribution is 0.399. The molecule has 1 aromatic carbocycles. The van der Waals surface area contributed by atoms with E-state index in [2.05, 4.69) is 25.1 Å². The van der Waals surface area contributed by atoms with Crippen molar-refractivity contribution in [1.29, 1.82) is 0 Å². The van der Waals surface area contributed by atoms with E-state index in [0.717, 1.165) is 29.0 Å². The maximum atomic E-state index is 13.6. The standard InChI is InChI=1S/C26H26FN7O3S/c1-16(24-29-12-18(27)13-30-24)17(2)38(35,36)15-23-31-32-25(20-9-7-11-28-26(20)37-4)34(23)22-14-33(3)21-10-6-5-8-19(21)22/h5-14,16-17H,15H2,1-4H3/t16-,17-/m1/s1. The lowest BCUT2D eigenvalue weighted by Crippen LogP contribution is -2.27. The number of rotatable bonds is 8. The van der Waals surface area contributed by atoms with Gasteiger partial charge in [-0.25, -0.2) is 27.8 Å². The van der Waals surface area contributed by atoms with Crippen LogP contribution in [0.5, 0.6) is 5.88 Å². The second-order valence-electron chi connectivity index (χ2n) is 9.04. The van der Waals surface area contributed by atoms with Gasteiger partial charge in [0.25, 0.3) is 0 Å². The molecule has 0 bridgehead atoms. The Morgan fingerprint density at radius 2 is 1.76 bits per heavy atom. The zero-order chi connectivity index (χ0) is 27.0. The highest BCUT2D eigenvalue weighted by Crippen LogP contribution is 2.34. The first-order valence-electron chi connectivity index (χ1n) is 11.9. The molecule has 2 atom stereocenters. The smallest absolute Gasteiger partial charge is 0.224 e. The number of aromatic nitrogens is 7. The first-order valence-corrected chi connectivity index (χ1v) is 13.6. The van der Waals surface area contributed by atoms with Gasteiger partial charge in [-0.1, -0.05) is 25.1 Å². The van der Waals surface area contributed by atoms with E-state index < -0.39 is 32.6 Å². The van der Waals surface area contributed by atoms with E-state index in [9.17, 15) is 12.8 Å². The van der Waals surface area contributed by atoms with Gasteiger partial charge in [0, 0.05) is 36.3 Å². The fourth-order valence-electron chi connectivity index (χ4n) is 4.45. The SMILES string of the molecule is COc1ncccc1-c1nnc(CS(=O)(=O)[C@H](C)[C@@H](C)c2ncc(F)cn2)n1-c1cn(C)c2ccccc12. The van der Waals surface area contributed by atoms with Gasteiger partial charge in [-0.15, -0.1) is 10.2 Å². The monoisotopic (exact) mass is 535 g/mol. The summed E-state index contributed by atoms with van der Waals surface area (Å²) in [7, 11) is -0.353. The van der Waals surface area contributed by atoms with Gasteiger partial charge in [-0.2, -0.15) is 0 Å². The minimum Gasteiger partial charge on any atom is -0.480 e. The van der Waals surface area contributed by atoms with E-state index >= 15 is 0 Å². The molecule has 0 fully saturated rings. The minimum atomic E-state index is -3.78. The number of nitrogens with zero attached hydrogens (tertiary/aromatic N) is 7. The van der Waals surface area contributed by atoms with Gasteiger partial charge in [0.1, 0.15) is 11.6 Å². The second kappa shape index (κ2) is 9.93. The molecule has 38 heavy (non-hydrogen) atoms. The van der Waals surface area contributed by atoms with Crippen molar-refractivity contribution in [3.8, 4) is 23.0 Å². The number of sulfone groups is 1. The Kier molecular flexibility index (Phi) is 6.66. The number of hydrogen-bond acceptors (Lipinski definition) is 8. The Bertz CT molecular complexity index is 1710. The van der Waals surface area contributed by atoms with Crippen LogP contribution in [0, 0.1) is 5.82 Å². The Labute approximate surface area is 219 Å². The molecule has 0 radical (unpaired) electrons. The van der Waals surface area contributed by atoms with Crippen LogP contribution in [0.4, 0.5) is 4.39 Å². The van der Waals surface area contributed by atoms with Gasteiger partial charge >= 0.3 is 0 Å². The van der Waals surface area contributed by atoms with E-state index in [4.69, 9.17) is 4.74 Å². The molecule has 5 rings (SSSR count). The predicted octanol–water partition coefficient (Wildman–Crippen LogP) is 3.87. The predicted molar refractivity (Wildman–Crippen MR) is 140 cm³/mol. The van der Waals surface area contributed by atoms with Crippen LogP contribution >= 0.6 is 0 Å². The summed E-state index contributed by atoms with van der Waals surface area (Å²) < 4.78 is 49.8. The topological polar surface area (TPSA) is 118 Å². The number of ether oxygens (including phenoxy) is 1. The summed E-state index contributed by atoms with van der Waals surface area (Å²) in [5, 5.41) is 8.76. The van der Waals surface area contributed by atoms with Crippen LogP contribution in [0.1, 0.15) is 31.4 Å². The van der Waals surface area contributed by atoms with Crippen molar-refractivity contribution in [1.82, 2.24) is 34.3 Å². The molecule has 0 spiro atoms. The zero-order valence-corrected chi connectivity index (χ0v) is 22.1. The molecular weight excluding hydrogens is 509 g/mol. The third kappa shape index (κ3) is 4.51. The molecule has 0 aliphatic carbocycles. The van der Waals surface area contributed by atoms with Gasteiger partial charge in [-0.05, 0) is 25.1 Å². The lowest BCUT2D eigenvalue weighted by Gasteiger charge is -2.19. The number of para-hydroxylation sites is 1. The summed E-state index contributed by atoms with van der Waals surface area (Å²) in [4.78, 5) is 12.2. The van der Waals surface area contributed by atoms with E-state index in [1.807, 2.05) is 42.1 Å². The number of methoxy groups -OCH3 is 1. The van der Waals surface area contributed by atoms with E-state index in [0.29, 0.717) is 17.3 Å². The lowest BCUT2D eigenvalue weighted by atomic mass is 10.1. The van der Waals surface area contributed by atoms with Crippen LogP contribution in [0.2, 0.25) is 0 Å². The summed E-state index contributed by atoms with van der Waals surface area (Å²) in [6.45, 7) is 3.30. The number of benzene rings is 1. The highest BCUT2D eigenvalue weighted by atomic mass is 32.2. The molecule has 10 nitrogen and oxygen atoms in total. The van der Waals surface area contributed by atoms with Crippen molar-refractivity contribution in [3.63, 3.8) is 0 Å². The van der Waals surface area contributed by atoms with Crippen LogP contribution in [-0.4, -0.2) is 55.1 Å². The van der Waals surface area contributed by atoms with Crippen molar-refractivity contribution < 1.29 is 17.5 Å². The van der Waals surface area contributed by atoms with Crippen molar-refractivity contribution in [3.05, 3.63) is 78.7 Å². The molecule has 4 aromatic heterocycles. The van der Waals surface area contributed by atoms with Gasteiger partial charge < -0.3 is 9.30 Å². The molecule has 0 saturated carbocycles. The molecule has 5 aromatic rings. The number of aryl methyl sites for hydroxylation is 1. The van der Waals surface area contributed by atoms with Crippen LogP contribution in [-0.2, 0) is 22.6 Å². The summed E-state index contributed by atoms with van der Waals surface area (Å²) in [6.07, 6.45) is 5.58. The van der Waals surface area contributed by atoms with E-state index in [1.165, 1.54) is 7.11 Å². The zero-order valence-electron chi connectivity index (χ0n) is 21.3. The van der Waals surface area contributed by atoms with Gasteiger partial charge in [0.2, 0.25) is 5.88 Å². The molecule has 12 heteroatoms. The summed E-state index contributed by atoms with van der Waals surface area (Å²) in [6, 6.07) is 11.4. The first kappa shape index (κ1) is 25.5. The van der Waals surface area contributed by atoms with Crippen LogP contribution in [0.25, 0.3) is 28.0 Å². The van der Waals surface area contributed by atoms with Crippen LogP contribution in [0.15, 0.2) is 61.2 Å². The maximum absolute atomic E-state index is 13.6. The summed E-state index contributed by atoms with van der Waals surface area (Å²) in [5.41, 5.74) is 2.26. The number of fused-ring (bicyclic) bond motifs is 1. The third-order valence-corrected chi connectivity index (χ3v) is 8.90. The quantitative estimate of drug-likeness (QED) is 0.294. The molecule has 0 unspecified atom stereocenters. The Morgan fingerprint density at radius 3 is 2.50 bits per heavy atom. The molecule has 4 heterocycles. The fourth-order valence-corrected chi connectivity index (χ4v) is 6.00. The molecule has 196 valence electrons. The molecule has 0 N–H and O–H groups in total. The van der Waals surface area contributed by atoms with Crippen molar-refractivity contribution in [2.75, 3.05) is 7.11 Å². The Hall–Kier alpha value is -4.19. The number of hydrogen-bond donors (Lipinski definition) is 0. The minimum absolute atomic E-state index is 0.237. The summed E-state index contributed by atoms with van der Waals surface area (Å²) >= 11 is 0. The summed E-state index contributed by atoms with van der Waals surface area (Å²) in [5.74, 6) is -0.325.